The van der Waals surface area contributed by atoms with Crippen LogP contribution >= 0.6 is 11.8 Å². The number of nitrogens with one attached hydrogen (secondary N) is 2. The second kappa shape index (κ2) is 8.17. The van der Waals surface area contributed by atoms with Crippen molar-refractivity contribution in [2.45, 2.75) is 18.3 Å². The summed E-state index contributed by atoms with van der Waals surface area (Å²) in [6.07, 6.45) is -4.49. The molecule has 0 atom stereocenters. The van der Waals surface area contributed by atoms with Gasteiger partial charge in [-0.25, -0.2) is 4.98 Å². The van der Waals surface area contributed by atoms with Crippen molar-refractivity contribution < 1.29 is 22.7 Å². The molecule has 1 amide bonds. The Kier molecular flexibility index (Phi) is 5.90. The largest absolute Gasteiger partial charge is 0.416 e. The van der Waals surface area contributed by atoms with Crippen molar-refractivity contribution in [3.63, 3.8) is 0 Å². The van der Waals surface area contributed by atoms with Crippen molar-refractivity contribution in [1.82, 2.24) is 15.2 Å². The number of aromatic nitrogens is 3. The van der Waals surface area contributed by atoms with Crippen LogP contribution in [0.5, 0.6) is 0 Å². The van der Waals surface area contributed by atoms with Crippen molar-refractivity contribution in [3.05, 3.63) is 29.6 Å². The number of benzene rings is 1. The standard InChI is InChI=1S/C16H18F3N5O2S/c1-10-20-15(23-22-10)27-9-14(25)21-12-8-11(16(17,18)19)2-3-13(12)24-4-6-26-7-5-24/h2-3,8H,4-7,9H2,1H3,(H,21,25)(H,20,22,23). The van der Waals surface area contributed by atoms with E-state index in [2.05, 4.69) is 20.5 Å². The van der Waals surface area contributed by atoms with Gasteiger partial charge in [-0.3, -0.25) is 9.89 Å². The van der Waals surface area contributed by atoms with Crippen molar-refractivity contribution >= 4 is 29.0 Å². The van der Waals surface area contributed by atoms with Crippen molar-refractivity contribution in [3.8, 4) is 0 Å². The van der Waals surface area contributed by atoms with Gasteiger partial charge in [0.1, 0.15) is 5.82 Å². The third-order valence-corrected chi connectivity index (χ3v) is 4.71. The Labute approximate surface area is 157 Å². The first-order chi connectivity index (χ1) is 12.8. The first kappa shape index (κ1) is 19.5. The maximum Gasteiger partial charge on any atom is 0.416 e. The van der Waals surface area contributed by atoms with Crippen molar-refractivity contribution in [2.24, 2.45) is 0 Å². The predicted molar refractivity (Wildman–Crippen MR) is 94.9 cm³/mol. The molecule has 27 heavy (non-hydrogen) atoms. The van der Waals surface area contributed by atoms with Crippen LogP contribution in [0.15, 0.2) is 23.4 Å². The van der Waals surface area contributed by atoms with Gasteiger partial charge in [0.2, 0.25) is 11.1 Å². The van der Waals surface area contributed by atoms with E-state index in [0.717, 1.165) is 23.9 Å². The van der Waals surface area contributed by atoms with Gasteiger partial charge in [-0.15, -0.1) is 5.10 Å². The topological polar surface area (TPSA) is 83.1 Å². The second-order valence-corrected chi connectivity index (χ2v) is 6.81. The summed E-state index contributed by atoms with van der Waals surface area (Å²) in [5.74, 6) is 0.164. The van der Waals surface area contributed by atoms with Gasteiger partial charge in [-0.05, 0) is 25.1 Å². The Balaban J connectivity index is 1.76. The zero-order valence-corrected chi connectivity index (χ0v) is 15.3. The van der Waals surface area contributed by atoms with Gasteiger partial charge in [0.05, 0.1) is 35.9 Å². The highest BCUT2D eigenvalue weighted by molar-refractivity contribution is 7.99. The van der Waals surface area contributed by atoms with Crippen LogP contribution in [0.4, 0.5) is 24.5 Å². The van der Waals surface area contributed by atoms with E-state index in [0.29, 0.717) is 43.0 Å². The van der Waals surface area contributed by atoms with E-state index in [1.807, 2.05) is 4.90 Å². The molecule has 1 aromatic carbocycles. The molecule has 146 valence electrons. The van der Waals surface area contributed by atoms with Gasteiger partial charge in [-0.2, -0.15) is 13.2 Å². The van der Waals surface area contributed by atoms with Gasteiger partial charge in [0, 0.05) is 13.1 Å². The molecular formula is C16H18F3N5O2S. The highest BCUT2D eigenvalue weighted by Gasteiger charge is 2.32. The normalized spacial score (nSPS) is 15.0. The van der Waals surface area contributed by atoms with Crippen LogP contribution in [0, 0.1) is 6.92 Å². The molecule has 11 heteroatoms. The van der Waals surface area contributed by atoms with Crippen LogP contribution in [0.3, 0.4) is 0 Å². The number of aryl methyl sites for hydroxylation is 1. The molecule has 1 aromatic heterocycles. The minimum atomic E-state index is -4.49. The Morgan fingerprint density at radius 2 is 2.11 bits per heavy atom. The summed E-state index contributed by atoms with van der Waals surface area (Å²) in [7, 11) is 0. The van der Waals surface area contributed by atoms with E-state index in [-0.39, 0.29) is 11.4 Å². The molecule has 0 aliphatic carbocycles. The first-order valence-electron chi connectivity index (χ1n) is 8.18. The summed E-state index contributed by atoms with van der Waals surface area (Å²) in [4.78, 5) is 18.2. The Morgan fingerprint density at radius 1 is 1.37 bits per heavy atom. The number of alkyl halides is 3. The van der Waals surface area contributed by atoms with Gasteiger partial charge < -0.3 is 15.0 Å². The highest BCUT2D eigenvalue weighted by Crippen LogP contribution is 2.35. The highest BCUT2D eigenvalue weighted by atomic mass is 32.2. The molecule has 2 N–H and O–H groups in total. The molecule has 1 saturated heterocycles. The average molecular weight is 401 g/mol. The number of H-pyrrole nitrogens is 1. The summed E-state index contributed by atoms with van der Waals surface area (Å²) in [5.41, 5.74) is -0.145. The molecule has 3 rings (SSSR count). The van der Waals surface area contributed by atoms with Crippen LogP contribution < -0.4 is 10.2 Å². The number of morpholine rings is 1. The number of thioether (sulfide) groups is 1. The summed E-state index contributed by atoms with van der Waals surface area (Å²) in [5, 5.41) is 9.56. The molecule has 0 radical (unpaired) electrons. The molecular weight excluding hydrogens is 383 g/mol. The zero-order chi connectivity index (χ0) is 19.4. The molecule has 0 unspecified atom stereocenters. The van der Waals surface area contributed by atoms with Crippen LogP contribution in [0.2, 0.25) is 0 Å². The third-order valence-electron chi connectivity index (χ3n) is 3.86. The maximum atomic E-state index is 13.1. The molecule has 7 nitrogen and oxygen atoms in total. The number of anilines is 2. The number of hydrogen-bond acceptors (Lipinski definition) is 6. The molecule has 0 bridgehead atoms. The fraction of sp³-hybridized carbons (Fsp3) is 0.438. The fourth-order valence-electron chi connectivity index (χ4n) is 2.60. The molecule has 1 aliphatic rings. The zero-order valence-electron chi connectivity index (χ0n) is 14.5. The smallest absolute Gasteiger partial charge is 0.378 e. The second-order valence-electron chi connectivity index (χ2n) is 5.87. The Hall–Kier alpha value is -2.27. The van der Waals surface area contributed by atoms with Gasteiger partial charge >= 0.3 is 6.18 Å². The Bertz CT molecular complexity index is 806. The van der Waals surface area contributed by atoms with Gasteiger partial charge in [-0.1, -0.05) is 11.8 Å². The van der Waals surface area contributed by atoms with E-state index in [1.165, 1.54) is 6.07 Å². The monoisotopic (exact) mass is 401 g/mol. The van der Waals surface area contributed by atoms with E-state index < -0.39 is 17.6 Å². The quantitative estimate of drug-likeness (QED) is 0.750. The number of aromatic amines is 1. The van der Waals surface area contributed by atoms with Gasteiger partial charge in [0.15, 0.2) is 0 Å². The molecule has 0 spiro atoms. The van der Waals surface area contributed by atoms with Crippen LogP contribution in [-0.4, -0.2) is 53.1 Å². The lowest BCUT2D eigenvalue weighted by molar-refractivity contribution is -0.137. The lowest BCUT2D eigenvalue weighted by Gasteiger charge is -2.31. The summed E-state index contributed by atoms with van der Waals surface area (Å²) < 4.78 is 44.5. The van der Waals surface area contributed by atoms with Gasteiger partial charge in [0.25, 0.3) is 0 Å². The lowest BCUT2D eigenvalue weighted by atomic mass is 10.1. The number of amides is 1. The minimum absolute atomic E-state index is 0.0178. The summed E-state index contributed by atoms with van der Waals surface area (Å²) >= 11 is 1.10. The number of halogens is 3. The molecule has 2 aromatic rings. The number of carbonyl (C=O) groups is 1. The predicted octanol–water partition coefficient (Wildman–Crippen LogP) is 2.70. The third kappa shape index (κ3) is 5.13. The number of nitrogens with zero attached hydrogens (tertiary/aromatic N) is 3. The van der Waals surface area contributed by atoms with E-state index in [9.17, 15) is 18.0 Å². The number of ether oxygens (including phenoxy) is 1. The number of rotatable bonds is 5. The molecule has 0 saturated carbocycles. The number of hydrogen-bond donors (Lipinski definition) is 2. The summed E-state index contributed by atoms with van der Waals surface area (Å²) in [6.45, 7) is 3.77. The van der Waals surface area contributed by atoms with Crippen LogP contribution in [0.1, 0.15) is 11.4 Å². The van der Waals surface area contributed by atoms with E-state index >= 15 is 0 Å². The average Bonchev–Trinajstić information content (AvgIpc) is 3.05. The first-order valence-corrected chi connectivity index (χ1v) is 9.17. The molecule has 2 heterocycles. The lowest BCUT2D eigenvalue weighted by Crippen LogP contribution is -2.37. The van der Waals surface area contributed by atoms with Crippen molar-refractivity contribution in [1.29, 1.82) is 0 Å². The van der Waals surface area contributed by atoms with Crippen molar-refractivity contribution in [2.75, 3.05) is 42.3 Å². The Morgan fingerprint density at radius 3 is 2.74 bits per heavy atom. The molecule has 1 aliphatic heterocycles. The van der Waals surface area contributed by atoms with Crippen LogP contribution in [-0.2, 0) is 15.7 Å². The summed E-state index contributed by atoms with van der Waals surface area (Å²) in [6, 6.07) is 3.37. The van der Waals surface area contributed by atoms with E-state index in [4.69, 9.17) is 4.74 Å². The van der Waals surface area contributed by atoms with E-state index in [1.54, 1.807) is 6.92 Å². The minimum Gasteiger partial charge on any atom is -0.378 e. The fourth-order valence-corrected chi connectivity index (χ4v) is 3.24. The maximum absolute atomic E-state index is 13.1. The molecule has 1 fully saturated rings. The SMILES string of the molecule is Cc1nc(SCC(=O)Nc2cc(C(F)(F)F)ccc2N2CCOCC2)n[nH]1. The number of carbonyl (C=O) groups excluding carboxylic acids is 1. The van der Waals surface area contributed by atoms with Crippen LogP contribution in [0.25, 0.3) is 0 Å².